The van der Waals surface area contributed by atoms with Crippen LogP contribution in [-0.2, 0) is 0 Å². The number of aliphatic hydroxyl groups is 1. The second-order valence-corrected chi connectivity index (χ2v) is 5.63. The molecule has 0 aliphatic heterocycles. The number of benzene rings is 1. The molecule has 0 aliphatic rings. The van der Waals surface area contributed by atoms with Gasteiger partial charge in [0.05, 0.1) is 17.8 Å². The van der Waals surface area contributed by atoms with Crippen molar-refractivity contribution < 1.29 is 14.6 Å². The van der Waals surface area contributed by atoms with Crippen molar-refractivity contribution in [3.63, 3.8) is 0 Å². The second kappa shape index (κ2) is 7.74. The van der Waals surface area contributed by atoms with Gasteiger partial charge in [0, 0.05) is 18.8 Å². The lowest BCUT2D eigenvalue weighted by atomic mass is 10.0. The Morgan fingerprint density at radius 3 is 2.61 bits per heavy atom. The van der Waals surface area contributed by atoms with Crippen LogP contribution >= 0.6 is 0 Å². The van der Waals surface area contributed by atoms with E-state index in [9.17, 15) is 9.90 Å². The number of aromatic nitrogens is 1. The van der Waals surface area contributed by atoms with Gasteiger partial charge in [0.1, 0.15) is 0 Å². The van der Waals surface area contributed by atoms with E-state index >= 15 is 0 Å². The molecule has 0 radical (unpaired) electrons. The van der Waals surface area contributed by atoms with Gasteiger partial charge in [-0.2, -0.15) is 0 Å². The van der Waals surface area contributed by atoms with Crippen LogP contribution in [0, 0.1) is 6.92 Å². The minimum absolute atomic E-state index is 0.0337. The zero-order valence-electron chi connectivity index (χ0n) is 13.6. The predicted octanol–water partition coefficient (Wildman–Crippen LogP) is 2.64. The van der Waals surface area contributed by atoms with E-state index in [0.717, 1.165) is 11.1 Å². The summed E-state index contributed by atoms with van der Waals surface area (Å²) in [5, 5.41) is 12.9. The van der Waals surface area contributed by atoms with Gasteiger partial charge in [-0.25, -0.2) is 4.98 Å². The lowest BCUT2D eigenvalue weighted by Crippen LogP contribution is -2.28. The summed E-state index contributed by atoms with van der Waals surface area (Å²) in [5.41, 5.74) is 2.23. The minimum atomic E-state index is -0.739. The molecule has 122 valence electrons. The van der Waals surface area contributed by atoms with Crippen LogP contribution in [0.3, 0.4) is 0 Å². The van der Waals surface area contributed by atoms with Crippen LogP contribution in [0.1, 0.15) is 41.4 Å². The second-order valence-electron chi connectivity index (χ2n) is 5.63. The highest BCUT2D eigenvalue weighted by Crippen LogP contribution is 2.16. The number of aryl methyl sites for hydroxylation is 1. The minimum Gasteiger partial charge on any atom is -0.475 e. The van der Waals surface area contributed by atoms with E-state index < -0.39 is 6.10 Å². The van der Waals surface area contributed by atoms with Crippen LogP contribution in [0.4, 0.5) is 0 Å². The molecule has 2 aromatic rings. The van der Waals surface area contributed by atoms with E-state index in [1.54, 1.807) is 12.1 Å². The molecular formula is C18H22N2O3. The first-order chi connectivity index (χ1) is 11.0. The van der Waals surface area contributed by atoms with Crippen molar-refractivity contribution in [2.75, 3.05) is 6.54 Å². The van der Waals surface area contributed by atoms with Crippen molar-refractivity contribution in [1.82, 2.24) is 10.3 Å². The molecule has 0 bridgehead atoms. The summed E-state index contributed by atoms with van der Waals surface area (Å²) in [5.74, 6) is 0.206. The number of pyridine rings is 1. The van der Waals surface area contributed by atoms with Crippen molar-refractivity contribution in [2.45, 2.75) is 33.0 Å². The van der Waals surface area contributed by atoms with Gasteiger partial charge in [-0.1, -0.05) is 24.3 Å². The van der Waals surface area contributed by atoms with Gasteiger partial charge in [0.15, 0.2) is 0 Å². The van der Waals surface area contributed by atoms with Crippen molar-refractivity contribution in [2.24, 2.45) is 0 Å². The number of hydrogen-bond acceptors (Lipinski definition) is 4. The summed E-state index contributed by atoms with van der Waals surface area (Å²) in [7, 11) is 0. The zero-order valence-corrected chi connectivity index (χ0v) is 13.6. The Morgan fingerprint density at radius 2 is 2.00 bits per heavy atom. The van der Waals surface area contributed by atoms with Gasteiger partial charge in [0.2, 0.25) is 5.88 Å². The molecule has 2 rings (SSSR count). The first-order valence-electron chi connectivity index (χ1n) is 7.62. The highest BCUT2D eigenvalue weighted by molar-refractivity contribution is 5.93. The highest BCUT2D eigenvalue weighted by atomic mass is 16.5. The third kappa shape index (κ3) is 4.79. The Kier molecular flexibility index (Phi) is 5.71. The van der Waals surface area contributed by atoms with E-state index in [1.165, 1.54) is 6.20 Å². The molecular weight excluding hydrogens is 292 g/mol. The van der Waals surface area contributed by atoms with Crippen molar-refractivity contribution >= 4 is 5.91 Å². The smallest absolute Gasteiger partial charge is 0.252 e. The van der Waals surface area contributed by atoms with Crippen LogP contribution in [0.5, 0.6) is 5.88 Å². The van der Waals surface area contributed by atoms with Gasteiger partial charge < -0.3 is 15.2 Å². The molecule has 2 N–H and O–H groups in total. The Bertz CT molecular complexity index is 654. The quantitative estimate of drug-likeness (QED) is 0.860. The molecule has 1 atom stereocenters. The van der Waals surface area contributed by atoms with Gasteiger partial charge in [-0.05, 0) is 38.0 Å². The summed E-state index contributed by atoms with van der Waals surface area (Å²) in [4.78, 5) is 16.2. The monoisotopic (exact) mass is 314 g/mol. The molecule has 0 saturated heterocycles. The van der Waals surface area contributed by atoms with Crippen LogP contribution < -0.4 is 10.1 Å². The number of carbonyl (C=O) groups excluding carboxylic acids is 1. The molecule has 1 heterocycles. The summed E-state index contributed by atoms with van der Waals surface area (Å²) >= 11 is 0. The van der Waals surface area contributed by atoms with Crippen molar-refractivity contribution in [1.29, 1.82) is 0 Å². The van der Waals surface area contributed by atoms with E-state index in [1.807, 2.05) is 45.0 Å². The molecule has 1 aromatic heterocycles. The average Bonchev–Trinajstić information content (AvgIpc) is 2.53. The third-order valence-electron chi connectivity index (χ3n) is 3.36. The van der Waals surface area contributed by atoms with Gasteiger partial charge in [-0.3, -0.25) is 4.79 Å². The fraction of sp³-hybridized carbons (Fsp3) is 0.333. The molecule has 0 fully saturated rings. The molecule has 0 aliphatic carbocycles. The average molecular weight is 314 g/mol. The first kappa shape index (κ1) is 17.0. The molecule has 1 amide bonds. The molecule has 5 nitrogen and oxygen atoms in total. The van der Waals surface area contributed by atoms with Crippen molar-refractivity contribution in [3.05, 3.63) is 59.3 Å². The molecule has 5 heteroatoms. The summed E-state index contributed by atoms with van der Waals surface area (Å²) < 4.78 is 5.44. The molecule has 1 unspecified atom stereocenters. The number of nitrogens with zero attached hydrogens (tertiary/aromatic N) is 1. The number of carbonyl (C=O) groups is 1. The third-order valence-corrected chi connectivity index (χ3v) is 3.36. The summed E-state index contributed by atoms with van der Waals surface area (Å²) in [6.07, 6.45) is 0.760. The first-order valence-corrected chi connectivity index (χ1v) is 7.62. The van der Waals surface area contributed by atoms with Crippen LogP contribution in [0.2, 0.25) is 0 Å². The number of rotatable bonds is 6. The summed E-state index contributed by atoms with van der Waals surface area (Å²) in [6, 6.07) is 10.9. The molecule has 23 heavy (non-hydrogen) atoms. The normalized spacial score (nSPS) is 12.0. The molecule has 0 spiro atoms. The van der Waals surface area contributed by atoms with E-state index in [4.69, 9.17) is 4.74 Å². The van der Waals surface area contributed by atoms with Crippen molar-refractivity contribution in [3.8, 4) is 5.88 Å². The Morgan fingerprint density at radius 1 is 1.26 bits per heavy atom. The highest BCUT2D eigenvalue weighted by Gasteiger charge is 2.13. The molecule has 0 saturated carbocycles. The number of amides is 1. The maximum atomic E-state index is 12.1. The van der Waals surface area contributed by atoms with Gasteiger partial charge >= 0.3 is 0 Å². The zero-order chi connectivity index (χ0) is 16.8. The van der Waals surface area contributed by atoms with Gasteiger partial charge in [-0.15, -0.1) is 0 Å². The van der Waals surface area contributed by atoms with E-state index in [-0.39, 0.29) is 18.6 Å². The summed E-state index contributed by atoms with van der Waals surface area (Å²) in [6.45, 7) is 5.90. The lowest BCUT2D eigenvalue weighted by molar-refractivity contribution is 0.0915. The van der Waals surface area contributed by atoms with E-state index in [2.05, 4.69) is 10.3 Å². The van der Waals surface area contributed by atoms with Crippen LogP contribution in [0.15, 0.2) is 42.6 Å². The fourth-order valence-corrected chi connectivity index (χ4v) is 2.19. The Labute approximate surface area is 136 Å². The number of hydrogen-bond donors (Lipinski definition) is 2. The predicted molar refractivity (Wildman–Crippen MR) is 88.5 cm³/mol. The number of nitrogens with one attached hydrogen (secondary N) is 1. The Hall–Kier alpha value is -2.40. The van der Waals surface area contributed by atoms with E-state index in [0.29, 0.717) is 11.4 Å². The van der Waals surface area contributed by atoms with Crippen LogP contribution in [0.25, 0.3) is 0 Å². The number of aliphatic hydroxyl groups excluding tert-OH is 1. The Balaban J connectivity index is 1.93. The maximum Gasteiger partial charge on any atom is 0.252 e. The number of ether oxygens (including phenoxy) is 1. The topological polar surface area (TPSA) is 71.5 Å². The largest absolute Gasteiger partial charge is 0.475 e. The standard InChI is InChI=1S/C18H22N2O3/c1-12(2)23-17-9-8-14(10-19-17)18(22)20-11-16(21)15-7-5-4-6-13(15)3/h4-10,12,16,21H,11H2,1-3H3,(H,20,22). The van der Waals surface area contributed by atoms with Crippen LogP contribution in [-0.4, -0.2) is 28.6 Å². The maximum absolute atomic E-state index is 12.1. The fourth-order valence-electron chi connectivity index (χ4n) is 2.19. The molecule has 1 aromatic carbocycles. The SMILES string of the molecule is Cc1ccccc1C(O)CNC(=O)c1ccc(OC(C)C)nc1. The lowest BCUT2D eigenvalue weighted by Gasteiger charge is -2.14. The van der Waals surface area contributed by atoms with Gasteiger partial charge in [0.25, 0.3) is 5.91 Å².